The lowest BCUT2D eigenvalue weighted by Gasteiger charge is -2.07. The van der Waals surface area contributed by atoms with Crippen molar-refractivity contribution in [3.8, 4) is 0 Å². The average molecular weight is 301 g/mol. The smallest absolute Gasteiger partial charge is 0.259 e. The van der Waals surface area contributed by atoms with E-state index in [1.807, 2.05) is 12.3 Å². The van der Waals surface area contributed by atoms with Crippen molar-refractivity contribution in [2.24, 2.45) is 0 Å². The maximum Gasteiger partial charge on any atom is 0.259 e. The molecule has 0 bridgehead atoms. The summed E-state index contributed by atoms with van der Waals surface area (Å²) in [5.74, 6) is -0.606. The SMILES string of the molecule is Cc1csc(NC(=O)c2cc3ccc(F)cc3nc2C)n1. The molecule has 0 saturated heterocycles. The van der Waals surface area contributed by atoms with Gasteiger partial charge >= 0.3 is 0 Å². The number of nitrogens with one attached hydrogen (secondary N) is 1. The van der Waals surface area contributed by atoms with E-state index in [1.165, 1.54) is 23.5 Å². The second-order valence-electron chi connectivity index (χ2n) is 4.71. The number of rotatable bonds is 2. The van der Waals surface area contributed by atoms with Gasteiger partial charge in [-0.3, -0.25) is 15.1 Å². The molecule has 0 fully saturated rings. The number of halogens is 1. The Kier molecular flexibility index (Phi) is 3.39. The zero-order chi connectivity index (χ0) is 15.0. The number of benzene rings is 1. The van der Waals surface area contributed by atoms with E-state index in [1.54, 1.807) is 19.1 Å². The Bertz CT molecular complexity index is 844. The summed E-state index contributed by atoms with van der Waals surface area (Å²) in [4.78, 5) is 20.8. The van der Waals surface area contributed by atoms with Crippen LogP contribution in [0.5, 0.6) is 0 Å². The molecule has 0 radical (unpaired) electrons. The summed E-state index contributed by atoms with van der Waals surface area (Å²) in [6, 6.07) is 6.04. The first-order chi connectivity index (χ1) is 10.0. The van der Waals surface area contributed by atoms with Crippen molar-refractivity contribution in [1.29, 1.82) is 0 Å². The number of fused-ring (bicyclic) bond motifs is 1. The second-order valence-corrected chi connectivity index (χ2v) is 5.56. The number of hydrogen-bond donors (Lipinski definition) is 1. The lowest BCUT2D eigenvalue weighted by atomic mass is 10.1. The van der Waals surface area contributed by atoms with Crippen LogP contribution in [0.1, 0.15) is 21.7 Å². The number of hydrogen-bond acceptors (Lipinski definition) is 4. The number of carbonyl (C=O) groups is 1. The van der Waals surface area contributed by atoms with Crippen molar-refractivity contribution in [3.05, 3.63) is 52.4 Å². The van der Waals surface area contributed by atoms with Crippen LogP contribution in [-0.4, -0.2) is 15.9 Å². The van der Waals surface area contributed by atoms with Gasteiger partial charge in [0.2, 0.25) is 0 Å². The number of thiazole rings is 1. The molecule has 0 aliphatic rings. The first-order valence-electron chi connectivity index (χ1n) is 6.33. The van der Waals surface area contributed by atoms with Crippen LogP contribution in [0.3, 0.4) is 0 Å². The summed E-state index contributed by atoms with van der Waals surface area (Å²) in [6.07, 6.45) is 0. The molecule has 0 aliphatic carbocycles. The highest BCUT2D eigenvalue weighted by Gasteiger charge is 2.13. The Morgan fingerprint density at radius 3 is 2.76 bits per heavy atom. The number of pyridine rings is 1. The molecule has 21 heavy (non-hydrogen) atoms. The predicted molar refractivity (Wildman–Crippen MR) is 81.2 cm³/mol. The van der Waals surface area contributed by atoms with Crippen LogP contribution >= 0.6 is 11.3 Å². The van der Waals surface area contributed by atoms with E-state index < -0.39 is 0 Å². The van der Waals surface area contributed by atoms with Gasteiger partial charge in [0.1, 0.15) is 5.82 Å². The summed E-state index contributed by atoms with van der Waals surface area (Å²) >= 11 is 1.37. The van der Waals surface area contributed by atoms with Gasteiger partial charge in [-0.15, -0.1) is 11.3 Å². The molecule has 1 aromatic carbocycles. The molecule has 1 N–H and O–H groups in total. The maximum atomic E-state index is 13.2. The summed E-state index contributed by atoms with van der Waals surface area (Å²) in [6.45, 7) is 3.59. The summed E-state index contributed by atoms with van der Waals surface area (Å²) in [5, 5.41) is 5.89. The highest BCUT2D eigenvalue weighted by molar-refractivity contribution is 7.13. The fraction of sp³-hybridized carbons (Fsp3) is 0.133. The van der Waals surface area contributed by atoms with Crippen LogP contribution < -0.4 is 5.32 Å². The maximum absolute atomic E-state index is 13.2. The molecule has 3 rings (SSSR count). The summed E-state index contributed by atoms with van der Waals surface area (Å²) in [5.41, 5.74) is 2.41. The van der Waals surface area contributed by atoms with E-state index in [9.17, 15) is 9.18 Å². The fourth-order valence-electron chi connectivity index (χ4n) is 2.04. The third kappa shape index (κ3) is 2.75. The lowest BCUT2D eigenvalue weighted by molar-refractivity contribution is 0.102. The number of carbonyl (C=O) groups excluding carboxylic acids is 1. The Hall–Kier alpha value is -2.34. The molecular formula is C15H12FN3OS. The van der Waals surface area contributed by atoms with E-state index in [2.05, 4.69) is 15.3 Å². The first-order valence-corrected chi connectivity index (χ1v) is 7.21. The average Bonchev–Trinajstić information content (AvgIpc) is 2.83. The molecule has 1 amide bonds. The van der Waals surface area contributed by atoms with Crippen LogP contribution in [0, 0.1) is 19.7 Å². The van der Waals surface area contributed by atoms with Gasteiger partial charge < -0.3 is 0 Å². The Morgan fingerprint density at radius 1 is 1.24 bits per heavy atom. The molecule has 0 aliphatic heterocycles. The Balaban J connectivity index is 1.97. The predicted octanol–water partition coefficient (Wildman–Crippen LogP) is 3.70. The van der Waals surface area contributed by atoms with Crippen LogP contribution in [0.15, 0.2) is 29.6 Å². The first kappa shape index (κ1) is 13.6. The molecule has 0 spiro atoms. The van der Waals surface area contributed by atoms with Gasteiger partial charge in [0.15, 0.2) is 5.13 Å². The molecule has 6 heteroatoms. The summed E-state index contributed by atoms with van der Waals surface area (Å²) in [7, 11) is 0. The molecule has 106 valence electrons. The van der Waals surface area contributed by atoms with Crippen molar-refractivity contribution in [1.82, 2.24) is 9.97 Å². The number of aryl methyl sites for hydroxylation is 2. The zero-order valence-electron chi connectivity index (χ0n) is 11.5. The largest absolute Gasteiger partial charge is 0.298 e. The molecule has 2 heterocycles. The van der Waals surface area contributed by atoms with E-state index >= 15 is 0 Å². The van der Waals surface area contributed by atoms with Gasteiger partial charge in [-0.25, -0.2) is 9.37 Å². The fourth-order valence-corrected chi connectivity index (χ4v) is 2.73. The molecule has 4 nitrogen and oxygen atoms in total. The number of aromatic nitrogens is 2. The standard InChI is InChI=1S/C15H12FN3OS/c1-8-7-21-15(17-8)19-14(20)12-5-10-3-4-11(16)6-13(10)18-9(12)2/h3-7H,1-2H3,(H,17,19,20). The minimum absolute atomic E-state index is 0.263. The second kappa shape index (κ2) is 5.21. The number of nitrogens with zero attached hydrogens (tertiary/aromatic N) is 2. The molecule has 0 saturated carbocycles. The van der Waals surface area contributed by atoms with Gasteiger partial charge in [-0.2, -0.15) is 0 Å². The van der Waals surface area contributed by atoms with Gasteiger partial charge in [-0.1, -0.05) is 0 Å². The normalized spacial score (nSPS) is 10.8. The van der Waals surface area contributed by atoms with E-state index in [0.717, 1.165) is 11.1 Å². The van der Waals surface area contributed by atoms with Crippen molar-refractivity contribution < 1.29 is 9.18 Å². The molecular weight excluding hydrogens is 289 g/mol. The van der Waals surface area contributed by atoms with Crippen molar-refractivity contribution in [2.75, 3.05) is 5.32 Å². The van der Waals surface area contributed by atoms with E-state index in [0.29, 0.717) is 21.9 Å². The third-order valence-electron chi connectivity index (χ3n) is 3.05. The molecule has 0 atom stereocenters. The van der Waals surface area contributed by atoms with Crippen LogP contribution in [0.4, 0.5) is 9.52 Å². The number of amides is 1. The van der Waals surface area contributed by atoms with Gasteiger partial charge in [0.05, 0.1) is 22.5 Å². The molecule has 2 aromatic heterocycles. The Morgan fingerprint density at radius 2 is 2.05 bits per heavy atom. The zero-order valence-corrected chi connectivity index (χ0v) is 12.3. The van der Waals surface area contributed by atoms with Gasteiger partial charge in [0.25, 0.3) is 5.91 Å². The van der Waals surface area contributed by atoms with Gasteiger partial charge in [-0.05, 0) is 32.0 Å². The van der Waals surface area contributed by atoms with Crippen molar-refractivity contribution in [2.45, 2.75) is 13.8 Å². The lowest BCUT2D eigenvalue weighted by Crippen LogP contribution is -2.14. The number of anilines is 1. The van der Waals surface area contributed by atoms with Crippen LogP contribution in [-0.2, 0) is 0 Å². The van der Waals surface area contributed by atoms with Crippen molar-refractivity contribution >= 4 is 33.3 Å². The minimum Gasteiger partial charge on any atom is -0.298 e. The summed E-state index contributed by atoms with van der Waals surface area (Å²) < 4.78 is 13.2. The highest BCUT2D eigenvalue weighted by atomic mass is 32.1. The molecule has 3 aromatic rings. The van der Waals surface area contributed by atoms with Crippen molar-refractivity contribution in [3.63, 3.8) is 0 Å². The topological polar surface area (TPSA) is 54.9 Å². The van der Waals surface area contributed by atoms with E-state index in [-0.39, 0.29) is 11.7 Å². The Labute approximate surface area is 124 Å². The third-order valence-corrected chi connectivity index (χ3v) is 3.93. The minimum atomic E-state index is -0.343. The van der Waals surface area contributed by atoms with Crippen LogP contribution in [0.25, 0.3) is 10.9 Å². The van der Waals surface area contributed by atoms with E-state index in [4.69, 9.17) is 0 Å². The highest BCUT2D eigenvalue weighted by Crippen LogP contribution is 2.20. The van der Waals surface area contributed by atoms with Crippen LogP contribution in [0.2, 0.25) is 0 Å². The van der Waals surface area contributed by atoms with Gasteiger partial charge in [0, 0.05) is 16.8 Å². The molecule has 0 unspecified atom stereocenters. The quantitative estimate of drug-likeness (QED) is 0.785. The monoisotopic (exact) mass is 301 g/mol.